The van der Waals surface area contributed by atoms with E-state index in [0.29, 0.717) is 0 Å². The Labute approximate surface area is 107 Å². The van der Waals surface area contributed by atoms with Crippen LogP contribution in [0.3, 0.4) is 0 Å². The van der Waals surface area contributed by atoms with Gasteiger partial charge < -0.3 is 20.9 Å². The van der Waals surface area contributed by atoms with Crippen LogP contribution in [0.1, 0.15) is 9.68 Å². The van der Waals surface area contributed by atoms with Crippen LogP contribution in [0.25, 0.3) is 0 Å². The van der Waals surface area contributed by atoms with E-state index in [4.69, 9.17) is 15.6 Å². The molecule has 1 aromatic carbocycles. The van der Waals surface area contributed by atoms with E-state index in [-0.39, 0.29) is 17.6 Å². The lowest BCUT2D eigenvalue weighted by Crippen LogP contribution is -2.36. The van der Waals surface area contributed by atoms with Crippen molar-refractivity contribution in [3.8, 4) is 0 Å². The largest absolute Gasteiger partial charge is 0.446 e. The monoisotopic (exact) mass is 259 g/mol. The van der Waals surface area contributed by atoms with Gasteiger partial charge in [-0.25, -0.2) is 14.0 Å². The van der Waals surface area contributed by atoms with Gasteiger partial charge in [0.25, 0.3) is 0 Å². The highest BCUT2D eigenvalue weighted by Gasteiger charge is 2.35. The zero-order chi connectivity index (χ0) is 16.2. The minimum atomic E-state index is -2.61. The normalized spacial score (nSPS) is 13.1. The standard InChI is InChI=1S/C11H13FN2O4/c12-11(6-17-9(13)15,7-18-10(14)16)8-4-2-1-3-5-8/h1-5H,6-7H2,(H2,13,15)(H2,14,16)/i1D,2D,5D. The molecule has 2 amide bonds. The highest BCUT2D eigenvalue weighted by Crippen LogP contribution is 2.27. The summed E-state index contributed by atoms with van der Waals surface area (Å²) in [5.74, 6) is 0. The Hall–Kier alpha value is -2.31. The molecule has 0 saturated heterocycles. The molecule has 0 heterocycles. The van der Waals surface area contributed by atoms with Crippen LogP contribution in [0.4, 0.5) is 14.0 Å². The third-order valence-electron chi connectivity index (χ3n) is 1.97. The first kappa shape index (κ1) is 9.69. The molecule has 0 aliphatic carbocycles. The summed E-state index contributed by atoms with van der Waals surface area (Å²) >= 11 is 0. The first-order chi connectivity index (χ1) is 9.65. The molecule has 6 nitrogen and oxygen atoms in total. The highest BCUT2D eigenvalue weighted by molar-refractivity contribution is 5.65. The number of amides is 2. The van der Waals surface area contributed by atoms with Crippen molar-refractivity contribution in [1.29, 1.82) is 0 Å². The van der Waals surface area contributed by atoms with Crippen molar-refractivity contribution in [2.45, 2.75) is 5.67 Å². The number of benzene rings is 1. The number of hydrogen-bond donors (Lipinski definition) is 2. The fraction of sp³-hybridized carbons (Fsp3) is 0.273. The summed E-state index contributed by atoms with van der Waals surface area (Å²) in [4.78, 5) is 21.2. The lowest BCUT2D eigenvalue weighted by Gasteiger charge is -2.24. The van der Waals surface area contributed by atoms with E-state index >= 15 is 0 Å². The minimum Gasteiger partial charge on any atom is -0.446 e. The lowest BCUT2D eigenvalue weighted by molar-refractivity contribution is -0.00109. The predicted molar refractivity (Wildman–Crippen MR) is 60.3 cm³/mol. The van der Waals surface area contributed by atoms with E-state index < -0.39 is 37.1 Å². The van der Waals surface area contributed by atoms with Crippen molar-refractivity contribution >= 4 is 12.2 Å². The molecular formula is C11H13FN2O4. The molecule has 0 atom stereocenters. The van der Waals surface area contributed by atoms with Crippen LogP contribution in [0, 0.1) is 0 Å². The molecule has 0 aliphatic rings. The third-order valence-corrected chi connectivity index (χ3v) is 1.97. The third kappa shape index (κ3) is 3.93. The Bertz CT molecular complexity index is 553. The van der Waals surface area contributed by atoms with Crippen LogP contribution < -0.4 is 11.5 Å². The van der Waals surface area contributed by atoms with Gasteiger partial charge in [-0.2, -0.15) is 0 Å². The number of ether oxygens (including phenoxy) is 2. The van der Waals surface area contributed by atoms with Crippen molar-refractivity contribution in [1.82, 2.24) is 0 Å². The predicted octanol–water partition coefficient (Wildman–Crippen LogP) is 1.04. The van der Waals surface area contributed by atoms with Gasteiger partial charge in [0.15, 0.2) is 0 Å². The summed E-state index contributed by atoms with van der Waals surface area (Å²) in [6.07, 6.45) is -2.52. The van der Waals surface area contributed by atoms with E-state index in [1.54, 1.807) is 0 Å². The van der Waals surface area contributed by atoms with Crippen LogP contribution in [0.15, 0.2) is 30.3 Å². The summed E-state index contributed by atoms with van der Waals surface area (Å²) in [5.41, 5.74) is 6.51. The molecule has 0 bridgehead atoms. The number of nitrogens with two attached hydrogens (primary N) is 2. The van der Waals surface area contributed by atoms with E-state index in [2.05, 4.69) is 9.47 Å². The lowest BCUT2D eigenvalue weighted by atomic mass is 9.97. The maximum absolute atomic E-state index is 14.9. The van der Waals surface area contributed by atoms with Gasteiger partial charge in [0.2, 0.25) is 5.67 Å². The molecule has 7 heteroatoms. The summed E-state index contributed by atoms with van der Waals surface area (Å²) in [7, 11) is 0. The quantitative estimate of drug-likeness (QED) is 0.824. The van der Waals surface area contributed by atoms with Crippen molar-refractivity contribution in [3.63, 3.8) is 0 Å². The Morgan fingerprint density at radius 1 is 1.28 bits per heavy atom. The first-order valence-electron chi connectivity index (χ1n) is 6.27. The van der Waals surface area contributed by atoms with Gasteiger partial charge in [-0.3, -0.25) is 0 Å². The SMILES string of the molecule is [2H]c1cc([2H])c(C(F)(COC(N)=O)COC(N)=O)cc1[2H]. The second-order valence-corrected chi connectivity index (χ2v) is 3.32. The van der Waals surface area contributed by atoms with Crippen molar-refractivity contribution in [2.24, 2.45) is 11.5 Å². The van der Waals surface area contributed by atoms with Gasteiger partial charge in [-0.15, -0.1) is 0 Å². The summed E-state index contributed by atoms with van der Waals surface area (Å²) in [6, 6.07) is 0.818. The summed E-state index contributed by atoms with van der Waals surface area (Å²) < 4.78 is 46.1. The fourth-order valence-corrected chi connectivity index (χ4v) is 1.14. The zero-order valence-electron chi connectivity index (χ0n) is 12.2. The average molecular weight is 259 g/mol. The van der Waals surface area contributed by atoms with E-state index in [1.165, 1.54) is 0 Å². The van der Waals surface area contributed by atoms with Gasteiger partial charge in [0.1, 0.15) is 13.2 Å². The zero-order valence-corrected chi connectivity index (χ0v) is 9.23. The van der Waals surface area contributed by atoms with Crippen molar-refractivity contribution in [2.75, 3.05) is 13.2 Å². The van der Waals surface area contributed by atoms with Crippen LogP contribution >= 0.6 is 0 Å². The molecular weight excluding hydrogens is 243 g/mol. The Morgan fingerprint density at radius 3 is 2.33 bits per heavy atom. The molecule has 0 saturated carbocycles. The number of primary amides is 2. The van der Waals surface area contributed by atoms with E-state index in [0.717, 1.165) is 12.1 Å². The van der Waals surface area contributed by atoms with Gasteiger partial charge >= 0.3 is 12.2 Å². The minimum absolute atomic E-state index is 0.280. The maximum atomic E-state index is 14.9. The molecule has 4 N–H and O–H groups in total. The Kier molecular flexibility index (Phi) is 3.15. The van der Waals surface area contributed by atoms with Crippen LogP contribution in [-0.2, 0) is 15.1 Å². The smallest absolute Gasteiger partial charge is 0.404 e. The van der Waals surface area contributed by atoms with Crippen LogP contribution in [0.5, 0.6) is 0 Å². The van der Waals surface area contributed by atoms with Gasteiger partial charge in [-0.1, -0.05) is 30.3 Å². The number of carbonyl (C=O) groups is 2. The molecule has 1 aromatic rings. The number of rotatable bonds is 5. The fourth-order valence-electron chi connectivity index (χ4n) is 1.14. The van der Waals surface area contributed by atoms with E-state index in [9.17, 15) is 14.0 Å². The van der Waals surface area contributed by atoms with Crippen molar-refractivity contribution < 1.29 is 27.6 Å². The maximum Gasteiger partial charge on any atom is 0.404 e. The average Bonchev–Trinajstić information content (AvgIpc) is 2.38. The van der Waals surface area contributed by atoms with Crippen molar-refractivity contribution in [3.05, 3.63) is 35.8 Å². The second-order valence-electron chi connectivity index (χ2n) is 3.32. The molecule has 0 fully saturated rings. The van der Waals surface area contributed by atoms with E-state index in [1.807, 2.05) is 0 Å². The molecule has 0 aromatic heterocycles. The van der Waals surface area contributed by atoms with Gasteiger partial charge in [0.05, 0.1) is 4.11 Å². The van der Waals surface area contributed by atoms with Crippen LogP contribution in [0.2, 0.25) is 0 Å². The first-order valence-corrected chi connectivity index (χ1v) is 4.77. The molecule has 18 heavy (non-hydrogen) atoms. The molecule has 1 rings (SSSR count). The summed E-state index contributed by atoms with van der Waals surface area (Å²) in [5, 5.41) is 0. The molecule has 0 unspecified atom stereocenters. The Balaban J connectivity index is 3.18. The number of halogens is 1. The van der Waals surface area contributed by atoms with Gasteiger partial charge in [0, 0.05) is 0 Å². The number of hydrogen-bond acceptors (Lipinski definition) is 4. The highest BCUT2D eigenvalue weighted by atomic mass is 19.1. The van der Waals surface area contributed by atoms with Crippen LogP contribution in [-0.4, -0.2) is 25.4 Å². The van der Waals surface area contributed by atoms with Gasteiger partial charge in [-0.05, 0) is 5.56 Å². The second kappa shape index (κ2) is 5.85. The Morgan fingerprint density at radius 2 is 1.83 bits per heavy atom. The summed E-state index contributed by atoms with van der Waals surface area (Å²) in [6.45, 7) is -1.86. The molecule has 0 aliphatic heterocycles. The number of carbonyl (C=O) groups excluding carboxylic acids is 2. The number of alkyl halides is 1. The molecule has 0 spiro atoms. The molecule has 0 radical (unpaired) electrons. The molecule has 98 valence electrons. The topological polar surface area (TPSA) is 105 Å².